The highest BCUT2D eigenvalue weighted by Crippen LogP contribution is 2.41. The molecule has 0 bridgehead atoms. The Labute approximate surface area is 220 Å². The number of unbranched alkanes of at least 4 members (excludes halogenated alkanes) is 2. The molecule has 2 aromatic rings. The molecule has 0 saturated carbocycles. The monoisotopic (exact) mass is 564 g/mol. The van der Waals surface area contributed by atoms with Gasteiger partial charge in [0.05, 0.1) is 18.7 Å². The number of hydrogen-bond acceptors (Lipinski definition) is 4. The third kappa shape index (κ3) is 5.51. The van der Waals surface area contributed by atoms with Crippen LogP contribution in [0.3, 0.4) is 0 Å². The zero-order valence-corrected chi connectivity index (χ0v) is 23.3. The summed E-state index contributed by atoms with van der Waals surface area (Å²) in [6, 6.07) is 2.66. The maximum absolute atomic E-state index is 13.8. The minimum atomic E-state index is -0.479. The van der Waals surface area contributed by atoms with Crippen molar-refractivity contribution < 1.29 is 27.8 Å². The largest absolute Gasteiger partial charge is 0.493 e. The van der Waals surface area contributed by atoms with Crippen LogP contribution in [0.25, 0.3) is 0 Å². The Hall–Kier alpha value is -2.28. The molecule has 0 saturated heterocycles. The molecule has 7 heteroatoms. The van der Waals surface area contributed by atoms with Crippen LogP contribution in [-0.2, 0) is 12.8 Å². The normalized spacial score (nSPS) is 18.0. The Bertz CT molecular complexity index is 1060. The Morgan fingerprint density at radius 3 is 1.75 bits per heavy atom. The third-order valence-corrected chi connectivity index (χ3v) is 8.12. The number of carbonyl (C=O) groups excluding carboxylic acids is 2. The highest BCUT2D eigenvalue weighted by molar-refractivity contribution is 9.10. The van der Waals surface area contributed by atoms with E-state index in [1.807, 2.05) is 6.92 Å². The molecular weight excluding hydrogens is 530 g/mol. The number of methoxy groups -OCH3 is 2. The molecule has 196 valence electrons. The number of benzene rings is 2. The first-order valence-electron chi connectivity index (χ1n) is 12.7. The van der Waals surface area contributed by atoms with Gasteiger partial charge in [0.15, 0.2) is 34.7 Å². The van der Waals surface area contributed by atoms with Gasteiger partial charge in [-0.2, -0.15) is 0 Å². The number of rotatable bonds is 8. The van der Waals surface area contributed by atoms with Gasteiger partial charge < -0.3 is 9.47 Å². The first-order chi connectivity index (χ1) is 17.2. The summed E-state index contributed by atoms with van der Waals surface area (Å²) >= 11 is 3.35. The summed E-state index contributed by atoms with van der Waals surface area (Å²) < 4.78 is 38.2. The zero-order valence-electron chi connectivity index (χ0n) is 21.7. The third-order valence-electron chi connectivity index (χ3n) is 7.28. The Kier molecular flexibility index (Phi) is 9.67. The molecule has 2 atom stereocenters. The molecule has 2 aromatic carbocycles. The van der Waals surface area contributed by atoms with Crippen LogP contribution in [0, 0.1) is 30.4 Å². The molecule has 0 amide bonds. The average molecular weight is 565 g/mol. The van der Waals surface area contributed by atoms with Crippen LogP contribution in [-0.4, -0.2) is 25.8 Å². The number of halogens is 3. The lowest BCUT2D eigenvalue weighted by Gasteiger charge is -2.10. The van der Waals surface area contributed by atoms with Crippen LogP contribution >= 0.6 is 15.9 Å². The van der Waals surface area contributed by atoms with Crippen molar-refractivity contribution in [3.05, 3.63) is 56.1 Å². The second-order valence-corrected chi connectivity index (χ2v) is 10.4. The molecule has 0 radical (unpaired) electrons. The highest BCUT2D eigenvalue weighted by atomic mass is 79.9. The fourth-order valence-corrected chi connectivity index (χ4v) is 5.99. The van der Waals surface area contributed by atoms with Crippen LogP contribution in [0.1, 0.15) is 89.8 Å². The van der Waals surface area contributed by atoms with Crippen molar-refractivity contribution in [1.82, 2.24) is 0 Å². The minimum Gasteiger partial charge on any atom is -0.493 e. The fraction of sp³-hybridized carbons (Fsp3) is 0.517. The maximum Gasteiger partial charge on any atom is 0.168 e. The van der Waals surface area contributed by atoms with Gasteiger partial charge >= 0.3 is 0 Å². The number of carbonyl (C=O) groups is 2. The lowest BCUT2D eigenvalue weighted by Crippen LogP contribution is -2.08. The Morgan fingerprint density at radius 1 is 0.833 bits per heavy atom. The lowest BCUT2D eigenvalue weighted by molar-refractivity contribution is 0.0921. The predicted octanol–water partition coefficient (Wildman–Crippen LogP) is 7.83. The topological polar surface area (TPSA) is 52.6 Å². The van der Waals surface area contributed by atoms with Crippen LogP contribution in [0.5, 0.6) is 11.5 Å². The average Bonchev–Trinajstić information content (AvgIpc) is 3.34. The molecule has 0 fully saturated rings. The molecule has 0 heterocycles. The molecular formula is C29H35BrF2O4. The molecule has 2 unspecified atom stereocenters. The van der Waals surface area contributed by atoms with Crippen molar-refractivity contribution in [3.8, 4) is 11.5 Å². The number of fused-ring (bicyclic) bond motifs is 2. The summed E-state index contributed by atoms with van der Waals surface area (Å²) in [5.74, 6) is -0.238. The van der Waals surface area contributed by atoms with E-state index in [-0.39, 0.29) is 34.9 Å². The van der Waals surface area contributed by atoms with Gasteiger partial charge in [0, 0.05) is 23.0 Å². The molecule has 4 nitrogen and oxygen atoms in total. The van der Waals surface area contributed by atoms with Crippen molar-refractivity contribution in [1.29, 1.82) is 0 Å². The first-order valence-corrected chi connectivity index (χ1v) is 13.5. The van der Waals surface area contributed by atoms with Crippen molar-refractivity contribution in [2.75, 3.05) is 14.2 Å². The van der Waals surface area contributed by atoms with E-state index in [2.05, 4.69) is 29.8 Å². The molecule has 2 aliphatic carbocycles. The van der Waals surface area contributed by atoms with E-state index < -0.39 is 11.6 Å². The highest BCUT2D eigenvalue weighted by Gasteiger charge is 2.34. The quantitative estimate of drug-likeness (QED) is 0.327. The van der Waals surface area contributed by atoms with Gasteiger partial charge in [0.1, 0.15) is 0 Å². The second kappa shape index (κ2) is 12.3. The number of hydrogen-bond donors (Lipinski definition) is 0. The van der Waals surface area contributed by atoms with Gasteiger partial charge in [-0.25, -0.2) is 8.78 Å². The van der Waals surface area contributed by atoms with Crippen LogP contribution in [0.2, 0.25) is 0 Å². The van der Waals surface area contributed by atoms with Gasteiger partial charge in [0.2, 0.25) is 0 Å². The van der Waals surface area contributed by atoms with E-state index in [1.54, 1.807) is 0 Å². The van der Waals surface area contributed by atoms with Crippen LogP contribution in [0.4, 0.5) is 8.78 Å². The molecule has 36 heavy (non-hydrogen) atoms. The van der Waals surface area contributed by atoms with E-state index in [1.165, 1.54) is 26.4 Å². The van der Waals surface area contributed by atoms with Crippen molar-refractivity contribution in [2.45, 2.75) is 72.1 Å². The van der Waals surface area contributed by atoms with E-state index in [4.69, 9.17) is 9.47 Å². The standard InChI is InChI=1S/C15H19FO2.C14H16BrFO2/c1-4-5-6-10-7-11-9(2)15(18-3)13(16)8-12(11)14(10)17;1-3-4-5-8-6-9-10(13(8)17)7-11(16)14(18-2)12(9)15/h8,10H,4-7H2,1-3H3;7-8H,3-6H2,1-2H3. The fourth-order valence-electron chi connectivity index (χ4n) is 5.26. The molecule has 0 aliphatic heterocycles. The Morgan fingerprint density at radius 2 is 1.28 bits per heavy atom. The number of ketones is 2. The van der Waals surface area contributed by atoms with Crippen molar-refractivity contribution >= 4 is 27.5 Å². The maximum atomic E-state index is 13.8. The zero-order chi connectivity index (χ0) is 26.6. The van der Waals surface area contributed by atoms with Gasteiger partial charge in [-0.1, -0.05) is 39.5 Å². The van der Waals surface area contributed by atoms with E-state index >= 15 is 0 Å². The minimum absolute atomic E-state index is 0.00255. The lowest BCUT2D eigenvalue weighted by atomic mass is 9.98. The molecule has 0 aromatic heterocycles. The SMILES string of the molecule is CCCCC1Cc2c(cc(F)c(OC)c2Br)C1=O.CCCCC1Cc2c(cc(F)c(OC)c2C)C1=O. The molecule has 2 aliphatic rings. The predicted molar refractivity (Wildman–Crippen MR) is 140 cm³/mol. The summed E-state index contributed by atoms with van der Waals surface area (Å²) in [6.45, 7) is 6.04. The summed E-state index contributed by atoms with van der Waals surface area (Å²) in [5.41, 5.74) is 3.71. The number of Topliss-reactive ketones (excluding diaryl/α,β-unsaturated/α-hetero) is 2. The van der Waals surface area contributed by atoms with Gasteiger partial charge in [-0.05, 0) is 77.4 Å². The van der Waals surface area contributed by atoms with Crippen LogP contribution < -0.4 is 9.47 Å². The summed E-state index contributed by atoms with van der Waals surface area (Å²) in [5, 5.41) is 0. The van der Waals surface area contributed by atoms with E-state index in [9.17, 15) is 18.4 Å². The molecule has 0 spiro atoms. The molecule has 4 rings (SSSR count). The summed E-state index contributed by atoms with van der Waals surface area (Å²) in [4.78, 5) is 24.4. The molecule has 0 N–H and O–H groups in total. The number of ether oxygens (including phenoxy) is 2. The van der Waals surface area contributed by atoms with E-state index in [0.717, 1.165) is 61.6 Å². The van der Waals surface area contributed by atoms with E-state index in [0.29, 0.717) is 22.0 Å². The van der Waals surface area contributed by atoms with Crippen molar-refractivity contribution in [2.24, 2.45) is 11.8 Å². The van der Waals surface area contributed by atoms with Gasteiger partial charge in [-0.3, -0.25) is 9.59 Å². The second-order valence-electron chi connectivity index (χ2n) is 9.59. The van der Waals surface area contributed by atoms with Crippen molar-refractivity contribution in [3.63, 3.8) is 0 Å². The summed E-state index contributed by atoms with van der Waals surface area (Å²) in [6.07, 6.45) is 7.41. The smallest absolute Gasteiger partial charge is 0.168 e. The van der Waals surface area contributed by atoms with Gasteiger partial charge in [-0.15, -0.1) is 0 Å². The Balaban J connectivity index is 0.000000201. The first kappa shape index (κ1) is 28.3. The summed E-state index contributed by atoms with van der Waals surface area (Å²) in [7, 11) is 2.89. The van der Waals surface area contributed by atoms with Crippen LogP contribution in [0.15, 0.2) is 16.6 Å². The van der Waals surface area contributed by atoms with Gasteiger partial charge in [0.25, 0.3) is 0 Å².